The SMILES string of the molecule is N#Cc1cccnc1NCCNC(N)=NCCc1ccccc1. The van der Waals surface area contributed by atoms with E-state index in [4.69, 9.17) is 11.0 Å². The summed E-state index contributed by atoms with van der Waals surface area (Å²) in [5.41, 5.74) is 7.58. The predicted octanol–water partition coefficient (Wildman–Crippen LogP) is 1.51. The molecule has 0 saturated heterocycles. The number of aromatic nitrogens is 1. The standard InChI is InChI=1S/C17H20N6/c18-13-15-7-4-9-20-16(15)21-11-12-23-17(19)22-10-8-14-5-2-1-3-6-14/h1-7,9H,8,10-12H2,(H,20,21)(H3,19,22,23). The van der Waals surface area contributed by atoms with Crippen LogP contribution in [-0.4, -0.2) is 30.6 Å². The molecule has 0 bridgehead atoms. The van der Waals surface area contributed by atoms with Gasteiger partial charge in [0, 0.05) is 25.8 Å². The Bertz CT molecular complexity index is 675. The third-order valence-corrected chi connectivity index (χ3v) is 3.18. The zero-order chi connectivity index (χ0) is 16.3. The lowest BCUT2D eigenvalue weighted by molar-refractivity contribution is 0.871. The van der Waals surface area contributed by atoms with Crippen molar-refractivity contribution >= 4 is 11.8 Å². The summed E-state index contributed by atoms with van der Waals surface area (Å²) in [7, 11) is 0. The molecule has 2 rings (SSSR count). The maximum Gasteiger partial charge on any atom is 0.188 e. The van der Waals surface area contributed by atoms with E-state index in [0.717, 1.165) is 6.42 Å². The van der Waals surface area contributed by atoms with Crippen molar-refractivity contribution in [3.05, 3.63) is 59.8 Å². The fourth-order valence-corrected chi connectivity index (χ4v) is 2.01. The van der Waals surface area contributed by atoms with E-state index < -0.39 is 0 Å². The van der Waals surface area contributed by atoms with Crippen LogP contribution in [0.5, 0.6) is 0 Å². The smallest absolute Gasteiger partial charge is 0.188 e. The molecule has 0 unspecified atom stereocenters. The molecule has 0 aliphatic heterocycles. The van der Waals surface area contributed by atoms with Crippen LogP contribution in [0.25, 0.3) is 0 Å². The van der Waals surface area contributed by atoms with Crippen LogP contribution in [0.4, 0.5) is 5.82 Å². The molecule has 2 aromatic rings. The molecule has 0 aliphatic rings. The normalized spacial score (nSPS) is 10.8. The lowest BCUT2D eigenvalue weighted by Gasteiger charge is -2.08. The molecular weight excluding hydrogens is 288 g/mol. The minimum absolute atomic E-state index is 0.421. The second kappa shape index (κ2) is 9.05. The van der Waals surface area contributed by atoms with Crippen LogP contribution in [0.3, 0.4) is 0 Å². The highest BCUT2D eigenvalue weighted by Gasteiger charge is 2.00. The van der Waals surface area contributed by atoms with Gasteiger partial charge < -0.3 is 16.4 Å². The van der Waals surface area contributed by atoms with Crippen molar-refractivity contribution in [2.45, 2.75) is 6.42 Å². The first-order valence-electron chi connectivity index (χ1n) is 7.46. The number of nitrogens with one attached hydrogen (secondary N) is 2. The molecule has 0 saturated carbocycles. The summed E-state index contributed by atoms with van der Waals surface area (Å²) >= 11 is 0. The molecule has 0 amide bonds. The summed E-state index contributed by atoms with van der Waals surface area (Å²) in [6.45, 7) is 1.85. The summed E-state index contributed by atoms with van der Waals surface area (Å²) in [5.74, 6) is 1.00. The number of anilines is 1. The van der Waals surface area contributed by atoms with Crippen molar-refractivity contribution < 1.29 is 0 Å². The van der Waals surface area contributed by atoms with E-state index in [-0.39, 0.29) is 0 Å². The average molecular weight is 308 g/mol. The molecule has 118 valence electrons. The Morgan fingerprint density at radius 3 is 2.78 bits per heavy atom. The van der Waals surface area contributed by atoms with Gasteiger partial charge in [-0.2, -0.15) is 5.26 Å². The number of hydrogen-bond donors (Lipinski definition) is 3. The molecule has 0 spiro atoms. The Morgan fingerprint density at radius 2 is 2.00 bits per heavy atom. The van der Waals surface area contributed by atoms with Crippen LogP contribution >= 0.6 is 0 Å². The van der Waals surface area contributed by atoms with Gasteiger partial charge in [0.1, 0.15) is 11.9 Å². The molecule has 1 aromatic heterocycles. The van der Waals surface area contributed by atoms with Crippen LogP contribution in [-0.2, 0) is 6.42 Å². The van der Waals surface area contributed by atoms with Crippen LogP contribution in [0.1, 0.15) is 11.1 Å². The molecular formula is C17H20N6. The summed E-state index contributed by atoms with van der Waals surface area (Å²) < 4.78 is 0. The monoisotopic (exact) mass is 308 g/mol. The van der Waals surface area contributed by atoms with Gasteiger partial charge in [0.2, 0.25) is 0 Å². The van der Waals surface area contributed by atoms with Gasteiger partial charge in [-0.15, -0.1) is 0 Å². The average Bonchev–Trinajstić information content (AvgIpc) is 2.60. The number of pyridine rings is 1. The van der Waals surface area contributed by atoms with E-state index in [1.54, 1.807) is 18.3 Å². The molecule has 1 aromatic carbocycles. The first-order valence-corrected chi connectivity index (χ1v) is 7.46. The summed E-state index contributed by atoms with van der Waals surface area (Å²) in [6, 6.07) is 15.7. The first-order chi connectivity index (χ1) is 11.3. The van der Waals surface area contributed by atoms with Gasteiger partial charge in [-0.25, -0.2) is 4.98 Å². The number of benzene rings is 1. The number of hydrogen-bond acceptors (Lipinski definition) is 4. The number of nitrogens with two attached hydrogens (primary N) is 1. The Hall–Kier alpha value is -3.07. The van der Waals surface area contributed by atoms with E-state index in [0.29, 0.717) is 37.0 Å². The third kappa shape index (κ3) is 5.67. The van der Waals surface area contributed by atoms with E-state index in [2.05, 4.69) is 38.8 Å². The molecule has 4 N–H and O–H groups in total. The van der Waals surface area contributed by atoms with E-state index in [9.17, 15) is 0 Å². The Morgan fingerprint density at radius 1 is 1.17 bits per heavy atom. The fourth-order valence-electron chi connectivity index (χ4n) is 2.01. The van der Waals surface area contributed by atoms with Gasteiger partial charge in [-0.1, -0.05) is 30.3 Å². The van der Waals surface area contributed by atoms with Crippen molar-refractivity contribution in [3.63, 3.8) is 0 Å². The molecule has 6 heteroatoms. The van der Waals surface area contributed by atoms with Crippen molar-refractivity contribution in [2.75, 3.05) is 25.0 Å². The van der Waals surface area contributed by atoms with E-state index >= 15 is 0 Å². The number of rotatable bonds is 7. The molecule has 0 aliphatic carbocycles. The predicted molar refractivity (Wildman–Crippen MR) is 92.1 cm³/mol. The number of nitrogens with zero attached hydrogens (tertiary/aromatic N) is 3. The minimum atomic E-state index is 0.421. The molecule has 0 radical (unpaired) electrons. The zero-order valence-corrected chi connectivity index (χ0v) is 12.9. The second-order valence-corrected chi connectivity index (χ2v) is 4.87. The van der Waals surface area contributed by atoms with Gasteiger partial charge in [0.05, 0.1) is 5.56 Å². The van der Waals surface area contributed by atoms with Crippen LogP contribution < -0.4 is 16.4 Å². The van der Waals surface area contributed by atoms with Crippen molar-refractivity contribution in [2.24, 2.45) is 10.7 Å². The maximum atomic E-state index is 8.97. The molecule has 23 heavy (non-hydrogen) atoms. The highest BCUT2D eigenvalue weighted by molar-refractivity contribution is 5.77. The van der Waals surface area contributed by atoms with Gasteiger partial charge in [0.15, 0.2) is 5.96 Å². The molecule has 6 nitrogen and oxygen atoms in total. The minimum Gasteiger partial charge on any atom is -0.370 e. The first kappa shape index (κ1) is 16.3. The second-order valence-electron chi connectivity index (χ2n) is 4.87. The maximum absolute atomic E-state index is 8.97. The Labute approximate surface area is 136 Å². The van der Waals surface area contributed by atoms with E-state index in [1.165, 1.54) is 5.56 Å². The quantitative estimate of drug-likeness (QED) is 0.409. The van der Waals surface area contributed by atoms with Crippen molar-refractivity contribution in [1.29, 1.82) is 5.26 Å². The summed E-state index contributed by atoms with van der Waals surface area (Å²) in [4.78, 5) is 8.41. The zero-order valence-electron chi connectivity index (χ0n) is 12.9. The highest BCUT2D eigenvalue weighted by atomic mass is 15.1. The lowest BCUT2D eigenvalue weighted by atomic mass is 10.2. The lowest BCUT2D eigenvalue weighted by Crippen LogP contribution is -2.35. The van der Waals surface area contributed by atoms with Gasteiger partial charge >= 0.3 is 0 Å². The summed E-state index contributed by atoms with van der Waals surface area (Å²) in [6.07, 6.45) is 2.51. The van der Waals surface area contributed by atoms with Gasteiger partial charge in [-0.05, 0) is 24.1 Å². The summed E-state index contributed by atoms with van der Waals surface area (Å²) in [5, 5.41) is 15.1. The number of guanidine groups is 1. The van der Waals surface area contributed by atoms with Gasteiger partial charge in [0.25, 0.3) is 0 Å². The topological polar surface area (TPSA) is 99.1 Å². The third-order valence-electron chi connectivity index (χ3n) is 3.18. The molecule has 1 heterocycles. The van der Waals surface area contributed by atoms with Crippen LogP contribution in [0.2, 0.25) is 0 Å². The highest BCUT2D eigenvalue weighted by Crippen LogP contribution is 2.08. The number of nitriles is 1. The molecule has 0 fully saturated rings. The van der Waals surface area contributed by atoms with Crippen LogP contribution in [0, 0.1) is 11.3 Å². The number of aliphatic imine (C=N–C) groups is 1. The van der Waals surface area contributed by atoms with E-state index in [1.807, 2.05) is 18.2 Å². The Balaban J connectivity index is 1.67. The van der Waals surface area contributed by atoms with Crippen molar-refractivity contribution in [3.8, 4) is 6.07 Å². The van der Waals surface area contributed by atoms with Crippen molar-refractivity contribution in [1.82, 2.24) is 10.3 Å². The van der Waals surface area contributed by atoms with Crippen LogP contribution in [0.15, 0.2) is 53.7 Å². The largest absolute Gasteiger partial charge is 0.370 e. The van der Waals surface area contributed by atoms with Gasteiger partial charge in [-0.3, -0.25) is 4.99 Å². The molecule has 0 atom stereocenters. The fraction of sp³-hybridized carbons (Fsp3) is 0.235. The Kier molecular flexibility index (Phi) is 6.42.